The molecule has 0 bridgehead atoms. The zero-order chi connectivity index (χ0) is 17.0. The van der Waals surface area contributed by atoms with E-state index in [1.807, 2.05) is 6.07 Å². The molecule has 0 spiro atoms. The first-order chi connectivity index (χ1) is 10.9. The van der Waals surface area contributed by atoms with Gasteiger partial charge in [0.15, 0.2) is 0 Å². The second-order valence-corrected chi connectivity index (χ2v) is 6.97. The Hall–Kier alpha value is -1.80. The van der Waals surface area contributed by atoms with Gasteiger partial charge >= 0.3 is 0 Å². The summed E-state index contributed by atoms with van der Waals surface area (Å²) in [6, 6.07) is 15.0. The summed E-state index contributed by atoms with van der Waals surface area (Å²) in [4.78, 5) is 0. The van der Waals surface area contributed by atoms with Gasteiger partial charge in [0.1, 0.15) is 0 Å². The second-order valence-electron chi connectivity index (χ2n) is 6.97. The molecule has 0 heterocycles. The highest BCUT2D eigenvalue weighted by Crippen LogP contribution is 2.37. The first-order valence-corrected chi connectivity index (χ1v) is 8.64. The molecule has 0 saturated carbocycles. The molecule has 0 aromatic heterocycles. The molecule has 3 N–H and O–H groups in total. The van der Waals surface area contributed by atoms with Crippen LogP contribution in [0.3, 0.4) is 0 Å². The number of hydrogen-bond acceptors (Lipinski definition) is 2. The smallest absolute Gasteiger partial charge is 0.0425 e. The zero-order valence-corrected chi connectivity index (χ0v) is 15.1. The molecular formula is C21H30N2. The molecule has 0 aliphatic carbocycles. The number of rotatable bonds is 6. The normalized spacial score (nSPS) is 13.0. The highest BCUT2D eigenvalue weighted by atomic mass is 14.9. The van der Waals surface area contributed by atoms with Crippen molar-refractivity contribution in [2.75, 3.05) is 5.32 Å². The van der Waals surface area contributed by atoms with Crippen molar-refractivity contribution in [2.24, 2.45) is 5.73 Å². The van der Waals surface area contributed by atoms with E-state index in [2.05, 4.69) is 76.3 Å². The molecule has 0 saturated heterocycles. The third kappa shape index (κ3) is 3.94. The van der Waals surface area contributed by atoms with Crippen molar-refractivity contribution in [2.45, 2.75) is 58.9 Å². The molecule has 0 radical (unpaired) electrons. The minimum atomic E-state index is 0.0417. The topological polar surface area (TPSA) is 38.0 Å². The van der Waals surface area contributed by atoms with Gasteiger partial charge < -0.3 is 11.1 Å². The summed E-state index contributed by atoms with van der Waals surface area (Å²) in [7, 11) is 0. The number of nitrogens with two attached hydrogens (primary N) is 1. The van der Waals surface area contributed by atoms with Crippen LogP contribution in [-0.2, 0) is 11.8 Å². The molecule has 124 valence electrons. The Morgan fingerprint density at radius 3 is 2.26 bits per heavy atom. The SMILES string of the molecule is CCc1cc(C(C)(C)CC)c(Nc2ccccc2)cc1C(C)N. The number of nitrogens with one attached hydrogen (secondary N) is 1. The molecule has 0 amide bonds. The van der Waals surface area contributed by atoms with Gasteiger partial charge in [0, 0.05) is 17.4 Å². The van der Waals surface area contributed by atoms with Crippen molar-refractivity contribution in [3.05, 3.63) is 59.2 Å². The molecule has 23 heavy (non-hydrogen) atoms. The van der Waals surface area contributed by atoms with Gasteiger partial charge in [-0.1, -0.05) is 52.0 Å². The highest BCUT2D eigenvalue weighted by Gasteiger charge is 2.24. The van der Waals surface area contributed by atoms with Crippen molar-refractivity contribution in [3.8, 4) is 0 Å². The molecule has 0 fully saturated rings. The van der Waals surface area contributed by atoms with Crippen molar-refractivity contribution in [1.29, 1.82) is 0 Å². The molecule has 1 atom stereocenters. The van der Waals surface area contributed by atoms with Crippen molar-refractivity contribution in [1.82, 2.24) is 0 Å². The number of para-hydroxylation sites is 1. The van der Waals surface area contributed by atoms with Crippen LogP contribution in [-0.4, -0.2) is 0 Å². The summed E-state index contributed by atoms with van der Waals surface area (Å²) in [6.07, 6.45) is 2.10. The lowest BCUT2D eigenvalue weighted by molar-refractivity contribution is 0.507. The second kappa shape index (κ2) is 7.18. The quantitative estimate of drug-likeness (QED) is 0.718. The van der Waals surface area contributed by atoms with E-state index < -0.39 is 0 Å². The predicted molar refractivity (Wildman–Crippen MR) is 101 cm³/mol. The summed E-state index contributed by atoms with van der Waals surface area (Å²) in [6.45, 7) is 11.1. The van der Waals surface area contributed by atoms with Crippen LogP contribution >= 0.6 is 0 Å². The molecule has 2 rings (SSSR count). The van der Waals surface area contributed by atoms with E-state index in [0.29, 0.717) is 0 Å². The van der Waals surface area contributed by atoms with Gasteiger partial charge in [0.05, 0.1) is 0 Å². The molecule has 2 aromatic carbocycles. The van der Waals surface area contributed by atoms with Gasteiger partial charge in [0.25, 0.3) is 0 Å². The third-order valence-electron chi connectivity index (χ3n) is 4.82. The fourth-order valence-corrected chi connectivity index (χ4v) is 2.92. The molecule has 1 unspecified atom stereocenters. The number of benzene rings is 2. The fourth-order valence-electron chi connectivity index (χ4n) is 2.92. The summed E-state index contributed by atoms with van der Waals surface area (Å²) in [5, 5.41) is 3.60. The fraction of sp³-hybridized carbons (Fsp3) is 0.429. The van der Waals surface area contributed by atoms with Crippen molar-refractivity contribution < 1.29 is 0 Å². The first kappa shape index (κ1) is 17.6. The third-order valence-corrected chi connectivity index (χ3v) is 4.82. The standard InChI is InChI=1S/C21H30N2/c1-6-16-13-19(21(4,5)7-2)20(14-18(16)15(3)22)23-17-11-9-8-10-12-17/h8-15,23H,6-7,22H2,1-5H3. The molecular weight excluding hydrogens is 280 g/mol. The molecule has 2 aromatic rings. The summed E-state index contributed by atoms with van der Waals surface area (Å²) in [5.41, 5.74) is 12.6. The van der Waals surface area contributed by atoms with Crippen LogP contribution in [0.5, 0.6) is 0 Å². The van der Waals surface area contributed by atoms with Crippen LogP contribution in [0.2, 0.25) is 0 Å². The summed E-state index contributed by atoms with van der Waals surface area (Å²) in [5.74, 6) is 0. The molecule has 2 nitrogen and oxygen atoms in total. The Balaban J connectivity index is 2.58. The van der Waals surface area contributed by atoms with Crippen molar-refractivity contribution in [3.63, 3.8) is 0 Å². The van der Waals surface area contributed by atoms with Gasteiger partial charge in [-0.25, -0.2) is 0 Å². The Labute approximate surface area is 141 Å². The first-order valence-electron chi connectivity index (χ1n) is 8.64. The lowest BCUT2D eigenvalue weighted by Crippen LogP contribution is -2.19. The Morgan fingerprint density at radius 1 is 1.09 bits per heavy atom. The van der Waals surface area contributed by atoms with E-state index in [4.69, 9.17) is 5.73 Å². The Bertz CT molecular complexity index is 642. The van der Waals surface area contributed by atoms with Gasteiger partial charge in [0.2, 0.25) is 0 Å². The summed E-state index contributed by atoms with van der Waals surface area (Å²) >= 11 is 0. The molecule has 0 aliphatic rings. The monoisotopic (exact) mass is 310 g/mol. The van der Waals surface area contributed by atoms with Crippen LogP contribution in [0, 0.1) is 0 Å². The Morgan fingerprint density at radius 2 is 1.74 bits per heavy atom. The lowest BCUT2D eigenvalue weighted by atomic mass is 9.79. The van der Waals surface area contributed by atoms with E-state index in [9.17, 15) is 0 Å². The minimum Gasteiger partial charge on any atom is -0.355 e. The van der Waals surface area contributed by atoms with Gasteiger partial charge in [-0.2, -0.15) is 0 Å². The maximum atomic E-state index is 6.22. The van der Waals surface area contributed by atoms with Crippen LogP contribution in [0.25, 0.3) is 0 Å². The van der Waals surface area contributed by atoms with E-state index >= 15 is 0 Å². The average molecular weight is 310 g/mol. The van der Waals surface area contributed by atoms with Crippen LogP contribution in [0.15, 0.2) is 42.5 Å². The van der Waals surface area contributed by atoms with Crippen LogP contribution in [0.4, 0.5) is 11.4 Å². The zero-order valence-electron chi connectivity index (χ0n) is 15.1. The van der Waals surface area contributed by atoms with E-state index in [1.54, 1.807) is 0 Å². The molecule has 2 heteroatoms. The van der Waals surface area contributed by atoms with Gasteiger partial charge in [-0.15, -0.1) is 0 Å². The van der Waals surface area contributed by atoms with Crippen molar-refractivity contribution >= 4 is 11.4 Å². The van der Waals surface area contributed by atoms with E-state index in [0.717, 1.165) is 18.5 Å². The van der Waals surface area contributed by atoms with Gasteiger partial charge in [-0.3, -0.25) is 0 Å². The maximum Gasteiger partial charge on any atom is 0.0425 e. The van der Waals surface area contributed by atoms with Crippen LogP contribution < -0.4 is 11.1 Å². The number of aryl methyl sites for hydroxylation is 1. The summed E-state index contributed by atoms with van der Waals surface area (Å²) < 4.78 is 0. The maximum absolute atomic E-state index is 6.22. The number of hydrogen-bond donors (Lipinski definition) is 2. The van der Waals surface area contributed by atoms with Gasteiger partial charge in [-0.05, 0) is 60.1 Å². The number of anilines is 2. The Kier molecular flexibility index (Phi) is 5.48. The van der Waals surface area contributed by atoms with Crippen LogP contribution in [0.1, 0.15) is 63.8 Å². The van der Waals surface area contributed by atoms with E-state index in [1.165, 1.54) is 22.4 Å². The average Bonchev–Trinajstić information content (AvgIpc) is 2.55. The lowest BCUT2D eigenvalue weighted by Gasteiger charge is -2.29. The predicted octanol–water partition coefficient (Wildman–Crippen LogP) is 5.70. The molecule has 0 aliphatic heterocycles. The largest absolute Gasteiger partial charge is 0.355 e. The van der Waals surface area contributed by atoms with E-state index in [-0.39, 0.29) is 11.5 Å². The minimum absolute atomic E-state index is 0.0417. The highest BCUT2D eigenvalue weighted by molar-refractivity contribution is 5.67.